The third-order valence-electron chi connectivity index (χ3n) is 2.88. The van der Waals surface area contributed by atoms with E-state index in [2.05, 4.69) is 31.3 Å². The number of thioether (sulfide) groups is 1. The van der Waals surface area contributed by atoms with Gasteiger partial charge >= 0.3 is 0 Å². The van der Waals surface area contributed by atoms with E-state index in [-0.39, 0.29) is 11.3 Å². The highest BCUT2D eigenvalue weighted by molar-refractivity contribution is 7.99. The Morgan fingerprint density at radius 1 is 1.35 bits per heavy atom. The molecule has 0 saturated heterocycles. The molecule has 0 saturated carbocycles. The summed E-state index contributed by atoms with van der Waals surface area (Å²) >= 11 is 7.58. The van der Waals surface area contributed by atoms with E-state index in [0.29, 0.717) is 5.75 Å². The summed E-state index contributed by atoms with van der Waals surface area (Å²) in [5.41, 5.74) is 4.50. The predicted molar refractivity (Wildman–Crippen MR) is 88.3 cm³/mol. The predicted octanol–water partition coefficient (Wildman–Crippen LogP) is 4.11. The second-order valence-electron chi connectivity index (χ2n) is 5.57. The molecule has 1 aromatic carbocycles. The number of hydrogen-bond donors (Lipinski definition) is 1. The van der Waals surface area contributed by atoms with Crippen LogP contribution in [0, 0.1) is 5.41 Å². The lowest BCUT2D eigenvalue weighted by atomic mass is 9.91. The number of amides is 1. The summed E-state index contributed by atoms with van der Waals surface area (Å²) < 4.78 is 0. The zero-order valence-corrected chi connectivity index (χ0v) is 13.9. The highest BCUT2D eigenvalue weighted by Gasteiger charge is 2.14. The molecule has 0 atom stereocenters. The van der Waals surface area contributed by atoms with Gasteiger partial charge in [-0.15, -0.1) is 11.8 Å². The number of nitrogens with zero attached hydrogens (tertiary/aromatic N) is 1. The van der Waals surface area contributed by atoms with Crippen LogP contribution in [-0.2, 0) is 10.5 Å². The lowest BCUT2D eigenvalue weighted by molar-refractivity contribution is -0.118. The van der Waals surface area contributed by atoms with Crippen LogP contribution in [0.5, 0.6) is 0 Å². The average Bonchev–Trinajstić information content (AvgIpc) is 2.37. The van der Waals surface area contributed by atoms with Crippen LogP contribution in [0.1, 0.15) is 33.3 Å². The van der Waals surface area contributed by atoms with Crippen molar-refractivity contribution in [2.75, 3.05) is 5.75 Å². The molecule has 0 aliphatic carbocycles. The Labute approximate surface area is 130 Å². The van der Waals surface area contributed by atoms with E-state index in [1.807, 2.05) is 31.2 Å². The number of rotatable bonds is 5. The molecule has 0 aromatic heterocycles. The van der Waals surface area contributed by atoms with Crippen molar-refractivity contribution < 1.29 is 4.79 Å². The van der Waals surface area contributed by atoms with E-state index < -0.39 is 0 Å². The number of nitrogens with one attached hydrogen (secondary N) is 1. The van der Waals surface area contributed by atoms with Gasteiger partial charge in [0.15, 0.2) is 0 Å². The van der Waals surface area contributed by atoms with Crippen LogP contribution in [0.15, 0.2) is 29.4 Å². The highest BCUT2D eigenvalue weighted by Crippen LogP contribution is 2.20. The normalized spacial score (nSPS) is 12.3. The molecule has 110 valence electrons. The van der Waals surface area contributed by atoms with Gasteiger partial charge in [-0.3, -0.25) is 4.79 Å². The van der Waals surface area contributed by atoms with Gasteiger partial charge in [0.1, 0.15) is 0 Å². The SMILES string of the molecule is C/C(=N/NC(=O)CSCc1ccccc1Cl)C(C)(C)C. The van der Waals surface area contributed by atoms with E-state index in [4.69, 9.17) is 11.6 Å². The first-order valence-electron chi connectivity index (χ1n) is 6.45. The maximum atomic E-state index is 11.7. The fourth-order valence-corrected chi connectivity index (χ4v) is 2.32. The van der Waals surface area contributed by atoms with E-state index in [0.717, 1.165) is 22.1 Å². The minimum Gasteiger partial charge on any atom is -0.272 e. The molecule has 1 aromatic rings. The molecule has 0 fully saturated rings. The van der Waals surface area contributed by atoms with Gasteiger partial charge in [0.2, 0.25) is 5.91 Å². The summed E-state index contributed by atoms with van der Waals surface area (Å²) in [7, 11) is 0. The number of hydrogen-bond acceptors (Lipinski definition) is 3. The molecule has 0 spiro atoms. The van der Waals surface area contributed by atoms with Crippen LogP contribution < -0.4 is 5.43 Å². The van der Waals surface area contributed by atoms with Crippen molar-refractivity contribution in [1.29, 1.82) is 0 Å². The van der Waals surface area contributed by atoms with Crippen LogP contribution >= 0.6 is 23.4 Å². The first-order valence-corrected chi connectivity index (χ1v) is 7.98. The van der Waals surface area contributed by atoms with E-state index in [1.54, 1.807) is 0 Å². The average molecular weight is 313 g/mol. The second-order valence-corrected chi connectivity index (χ2v) is 6.96. The largest absolute Gasteiger partial charge is 0.272 e. The highest BCUT2D eigenvalue weighted by atomic mass is 35.5. The molecular formula is C15H21ClN2OS. The van der Waals surface area contributed by atoms with Gasteiger partial charge < -0.3 is 0 Å². The molecule has 0 heterocycles. The van der Waals surface area contributed by atoms with Gasteiger partial charge in [0.05, 0.1) is 5.75 Å². The Kier molecular flexibility index (Phi) is 6.56. The standard InChI is InChI=1S/C15H21ClN2OS/c1-11(15(2,3)4)17-18-14(19)10-20-9-12-7-5-6-8-13(12)16/h5-8H,9-10H2,1-4H3,(H,18,19)/b17-11-. The Morgan fingerprint density at radius 3 is 2.60 bits per heavy atom. The van der Waals surface area contributed by atoms with Crippen LogP contribution in [0.4, 0.5) is 0 Å². The number of hydrazone groups is 1. The smallest absolute Gasteiger partial charge is 0.250 e. The molecule has 1 amide bonds. The fraction of sp³-hybridized carbons (Fsp3) is 0.467. The molecule has 0 radical (unpaired) electrons. The number of halogens is 1. The number of carbonyl (C=O) groups is 1. The third kappa shape index (κ3) is 5.97. The lowest BCUT2D eigenvalue weighted by Crippen LogP contribution is -2.25. The molecule has 3 nitrogen and oxygen atoms in total. The van der Waals surface area contributed by atoms with Crippen molar-refractivity contribution in [2.45, 2.75) is 33.4 Å². The van der Waals surface area contributed by atoms with Crippen LogP contribution in [0.3, 0.4) is 0 Å². The first kappa shape index (κ1) is 17.1. The Hall–Kier alpha value is -1.00. The molecule has 20 heavy (non-hydrogen) atoms. The molecule has 0 unspecified atom stereocenters. The maximum Gasteiger partial charge on any atom is 0.250 e. The van der Waals surface area contributed by atoms with Crippen molar-refractivity contribution in [1.82, 2.24) is 5.43 Å². The minimum atomic E-state index is -0.0920. The van der Waals surface area contributed by atoms with Crippen molar-refractivity contribution in [3.8, 4) is 0 Å². The first-order chi connectivity index (χ1) is 9.30. The molecule has 0 bridgehead atoms. The summed E-state index contributed by atoms with van der Waals surface area (Å²) in [6, 6.07) is 7.66. The van der Waals surface area contributed by atoms with Crippen LogP contribution in [0.25, 0.3) is 0 Å². The summed E-state index contributed by atoms with van der Waals surface area (Å²) in [6.45, 7) is 8.09. The summed E-state index contributed by atoms with van der Waals surface area (Å²) in [5, 5.41) is 4.85. The lowest BCUT2D eigenvalue weighted by Gasteiger charge is -2.17. The molecule has 0 aliphatic heterocycles. The summed E-state index contributed by atoms with van der Waals surface area (Å²) in [5.74, 6) is 0.993. The van der Waals surface area contributed by atoms with Crippen molar-refractivity contribution in [3.05, 3.63) is 34.9 Å². The summed E-state index contributed by atoms with van der Waals surface area (Å²) in [6.07, 6.45) is 0. The zero-order chi connectivity index (χ0) is 15.2. The van der Waals surface area contributed by atoms with E-state index in [9.17, 15) is 4.79 Å². The molecule has 1 N–H and O–H groups in total. The quantitative estimate of drug-likeness (QED) is 0.656. The molecular weight excluding hydrogens is 292 g/mol. The number of benzene rings is 1. The van der Waals surface area contributed by atoms with Crippen molar-refractivity contribution >= 4 is 35.0 Å². The van der Waals surface area contributed by atoms with Gasteiger partial charge in [0, 0.05) is 21.9 Å². The van der Waals surface area contributed by atoms with Gasteiger partial charge in [-0.2, -0.15) is 5.10 Å². The van der Waals surface area contributed by atoms with E-state index in [1.165, 1.54) is 11.8 Å². The van der Waals surface area contributed by atoms with Gasteiger partial charge in [-0.25, -0.2) is 5.43 Å². The minimum absolute atomic E-state index is 0.0298. The van der Waals surface area contributed by atoms with Gasteiger partial charge in [0.25, 0.3) is 0 Å². The summed E-state index contributed by atoms with van der Waals surface area (Å²) in [4.78, 5) is 11.7. The fourth-order valence-electron chi connectivity index (χ4n) is 1.22. The van der Waals surface area contributed by atoms with Gasteiger partial charge in [-0.1, -0.05) is 50.6 Å². The molecule has 0 aliphatic rings. The maximum absolute atomic E-state index is 11.7. The number of carbonyl (C=O) groups excluding carboxylic acids is 1. The van der Waals surface area contributed by atoms with Crippen molar-refractivity contribution in [3.63, 3.8) is 0 Å². The Balaban J connectivity index is 2.36. The van der Waals surface area contributed by atoms with Crippen LogP contribution in [0.2, 0.25) is 5.02 Å². The van der Waals surface area contributed by atoms with Crippen molar-refractivity contribution in [2.24, 2.45) is 10.5 Å². The Bertz CT molecular complexity index is 495. The van der Waals surface area contributed by atoms with Gasteiger partial charge in [-0.05, 0) is 18.6 Å². The molecule has 5 heteroatoms. The monoisotopic (exact) mass is 312 g/mol. The topological polar surface area (TPSA) is 41.5 Å². The Morgan fingerprint density at radius 2 is 2.00 bits per heavy atom. The molecule has 1 rings (SSSR count). The van der Waals surface area contributed by atoms with Crippen LogP contribution in [-0.4, -0.2) is 17.4 Å². The second kappa shape index (κ2) is 7.70. The van der Waals surface area contributed by atoms with E-state index >= 15 is 0 Å². The zero-order valence-electron chi connectivity index (χ0n) is 12.4. The third-order valence-corrected chi connectivity index (χ3v) is 4.23.